The van der Waals surface area contributed by atoms with E-state index in [1.54, 1.807) is 0 Å². The van der Waals surface area contributed by atoms with Crippen molar-refractivity contribution >= 4 is 29.0 Å². The van der Waals surface area contributed by atoms with Crippen molar-refractivity contribution in [3.63, 3.8) is 0 Å². The van der Waals surface area contributed by atoms with Crippen LogP contribution in [0.4, 0.5) is 5.69 Å². The minimum absolute atomic E-state index is 0.0425. The average molecular weight is 272 g/mol. The van der Waals surface area contributed by atoms with Crippen molar-refractivity contribution in [3.8, 4) is 0 Å². The molecule has 18 heavy (non-hydrogen) atoms. The molecule has 96 valence electrons. The number of carboxylic acids is 1. The van der Waals surface area contributed by atoms with E-state index in [1.807, 2.05) is 0 Å². The van der Waals surface area contributed by atoms with Crippen LogP contribution in [0.1, 0.15) is 23.4 Å². The SMILES string of the molecule is CC(=O)C(Cl)c1c(CC(=O)O)cccc1[N+](=O)[O-]. The lowest BCUT2D eigenvalue weighted by molar-refractivity contribution is -0.385. The summed E-state index contributed by atoms with van der Waals surface area (Å²) in [5.74, 6) is -1.62. The number of hydrogen-bond donors (Lipinski definition) is 1. The molecule has 0 aliphatic heterocycles. The van der Waals surface area contributed by atoms with Crippen molar-refractivity contribution in [2.24, 2.45) is 0 Å². The van der Waals surface area contributed by atoms with E-state index in [-0.39, 0.29) is 16.8 Å². The maximum absolute atomic E-state index is 11.3. The van der Waals surface area contributed by atoms with Gasteiger partial charge in [-0.05, 0) is 12.5 Å². The maximum atomic E-state index is 11.3. The molecule has 0 amide bonds. The van der Waals surface area contributed by atoms with Crippen LogP contribution in [-0.2, 0) is 16.0 Å². The molecule has 0 aromatic heterocycles. The van der Waals surface area contributed by atoms with Crippen molar-refractivity contribution in [3.05, 3.63) is 39.4 Å². The van der Waals surface area contributed by atoms with Crippen LogP contribution in [0.2, 0.25) is 0 Å². The molecule has 6 nitrogen and oxygen atoms in total. The first-order valence-corrected chi connectivity index (χ1v) is 5.40. The third kappa shape index (κ3) is 3.04. The average Bonchev–Trinajstić information content (AvgIpc) is 2.26. The first kappa shape index (κ1) is 14.1. The summed E-state index contributed by atoms with van der Waals surface area (Å²) in [6.07, 6.45) is -0.423. The molecule has 7 heteroatoms. The summed E-state index contributed by atoms with van der Waals surface area (Å²) in [6, 6.07) is 3.97. The van der Waals surface area contributed by atoms with Gasteiger partial charge in [0.1, 0.15) is 5.38 Å². The molecule has 1 aromatic rings. The lowest BCUT2D eigenvalue weighted by atomic mass is 9.98. The maximum Gasteiger partial charge on any atom is 0.307 e. The van der Waals surface area contributed by atoms with Crippen LogP contribution in [0.3, 0.4) is 0 Å². The third-order valence-corrected chi connectivity index (χ3v) is 2.85. The van der Waals surface area contributed by atoms with Crippen LogP contribution in [-0.4, -0.2) is 21.8 Å². The van der Waals surface area contributed by atoms with E-state index in [9.17, 15) is 19.7 Å². The van der Waals surface area contributed by atoms with Gasteiger partial charge in [-0.15, -0.1) is 11.6 Å². The Kier molecular flexibility index (Phi) is 4.38. The van der Waals surface area contributed by atoms with Gasteiger partial charge in [0.05, 0.1) is 16.9 Å². The van der Waals surface area contributed by atoms with Crippen molar-refractivity contribution in [1.82, 2.24) is 0 Å². The number of carbonyl (C=O) groups excluding carboxylic acids is 1. The molecule has 0 spiro atoms. The number of carboxylic acid groups (broad SMARTS) is 1. The highest BCUT2D eigenvalue weighted by atomic mass is 35.5. The Bertz CT molecular complexity index is 514. The summed E-state index contributed by atoms with van der Waals surface area (Å²) in [6.45, 7) is 1.19. The second-order valence-electron chi connectivity index (χ2n) is 3.65. The largest absolute Gasteiger partial charge is 0.481 e. The zero-order valence-electron chi connectivity index (χ0n) is 9.42. The monoisotopic (exact) mass is 271 g/mol. The predicted octanol–water partition coefficient (Wildman–Crippen LogP) is 2.09. The number of Topliss-reactive ketones (excluding diaryl/α,β-unsaturated/α-hetero) is 1. The number of ketones is 1. The lowest BCUT2D eigenvalue weighted by Crippen LogP contribution is -2.11. The summed E-state index contributed by atoms with van der Waals surface area (Å²) >= 11 is 5.83. The zero-order valence-corrected chi connectivity index (χ0v) is 10.2. The number of rotatable bonds is 5. The number of nitrogens with zero attached hydrogens (tertiary/aromatic N) is 1. The van der Waals surface area contributed by atoms with Crippen molar-refractivity contribution in [1.29, 1.82) is 0 Å². The number of alkyl halides is 1. The third-order valence-electron chi connectivity index (χ3n) is 2.32. The van der Waals surface area contributed by atoms with E-state index in [2.05, 4.69) is 0 Å². The second-order valence-corrected chi connectivity index (χ2v) is 4.09. The van der Waals surface area contributed by atoms with Gasteiger partial charge in [0.15, 0.2) is 5.78 Å². The minimum atomic E-state index is -1.22. The van der Waals surface area contributed by atoms with Crippen molar-refractivity contribution in [2.45, 2.75) is 18.7 Å². The smallest absolute Gasteiger partial charge is 0.307 e. The van der Waals surface area contributed by atoms with Gasteiger partial charge >= 0.3 is 5.97 Å². The molecule has 1 unspecified atom stereocenters. The van der Waals surface area contributed by atoms with E-state index in [4.69, 9.17) is 16.7 Å². The van der Waals surface area contributed by atoms with Gasteiger partial charge in [-0.25, -0.2) is 0 Å². The van der Waals surface area contributed by atoms with Gasteiger partial charge in [-0.2, -0.15) is 0 Å². The van der Waals surface area contributed by atoms with Crippen LogP contribution >= 0.6 is 11.6 Å². The molecule has 0 bridgehead atoms. The molecule has 1 aromatic carbocycles. The van der Waals surface area contributed by atoms with Gasteiger partial charge in [0, 0.05) is 6.07 Å². The number of nitro benzene ring substituents is 1. The van der Waals surface area contributed by atoms with Crippen LogP contribution in [0.15, 0.2) is 18.2 Å². The Morgan fingerprint density at radius 1 is 1.50 bits per heavy atom. The molecule has 0 saturated heterocycles. The van der Waals surface area contributed by atoms with Gasteiger partial charge in [0.25, 0.3) is 5.69 Å². The van der Waals surface area contributed by atoms with Crippen LogP contribution < -0.4 is 0 Å². The molecule has 0 aliphatic carbocycles. The summed E-state index contributed by atoms with van der Waals surface area (Å²) in [7, 11) is 0. The Morgan fingerprint density at radius 2 is 2.11 bits per heavy atom. The molecular weight excluding hydrogens is 262 g/mol. The first-order valence-electron chi connectivity index (χ1n) is 4.97. The van der Waals surface area contributed by atoms with Crippen molar-refractivity contribution < 1.29 is 19.6 Å². The standard InChI is InChI=1S/C11H10ClNO5/c1-6(14)11(12)10-7(5-9(15)16)3-2-4-8(10)13(17)18/h2-4,11H,5H2,1H3,(H,15,16). The van der Waals surface area contributed by atoms with Crippen LogP contribution in [0.5, 0.6) is 0 Å². The fraction of sp³-hybridized carbons (Fsp3) is 0.273. The van der Waals surface area contributed by atoms with Crippen LogP contribution in [0, 0.1) is 10.1 Å². The lowest BCUT2D eigenvalue weighted by Gasteiger charge is -2.11. The second kappa shape index (κ2) is 5.59. The van der Waals surface area contributed by atoms with E-state index in [0.717, 1.165) is 0 Å². The van der Waals surface area contributed by atoms with Gasteiger partial charge in [-0.1, -0.05) is 12.1 Å². The molecule has 0 radical (unpaired) electrons. The van der Waals surface area contributed by atoms with Crippen molar-refractivity contribution in [2.75, 3.05) is 0 Å². The summed E-state index contributed by atoms with van der Waals surface area (Å²) in [5.41, 5.74) is -0.213. The Labute approximate surface area is 107 Å². The van der Waals surface area contributed by atoms with Gasteiger partial charge in [0.2, 0.25) is 0 Å². The highest BCUT2D eigenvalue weighted by molar-refractivity contribution is 6.31. The Hall–Kier alpha value is -1.95. The van der Waals surface area contributed by atoms with Gasteiger partial charge < -0.3 is 5.11 Å². The normalized spacial score (nSPS) is 11.9. The topological polar surface area (TPSA) is 97.5 Å². The molecular formula is C11H10ClNO5. The quantitative estimate of drug-likeness (QED) is 0.502. The number of halogens is 1. The summed E-state index contributed by atoms with van der Waals surface area (Å²) < 4.78 is 0. The van der Waals surface area contributed by atoms with E-state index >= 15 is 0 Å². The highest BCUT2D eigenvalue weighted by Crippen LogP contribution is 2.33. The molecule has 0 fully saturated rings. The van der Waals surface area contributed by atoms with Gasteiger partial charge in [-0.3, -0.25) is 19.7 Å². The molecule has 1 rings (SSSR count). The highest BCUT2D eigenvalue weighted by Gasteiger charge is 2.27. The fourth-order valence-corrected chi connectivity index (χ4v) is 1.82. The molecule has 1 atom stereocenters. The number of hydrogen-bond acceptors (Lipinski definition) is 4. The zero-order chi connectivity index (χ0) is 13.9. The predicted molar refractivity (Wildman–Crippen MR) is 63.7 cm³/mol. The Balaban J connectivity index is 3.42. The Morgan fingerprint density at radius 3 is 2.56 bits per heavy atom. The summed E-state index contributed by atoms with van der Waals surface area (Å²) in [4.78, 5) is 32.1. The minimum Gasteiger partial charge on any atom is -0.481 e. The van der Waals surface area contributed by atoms with E-state index < -0.39 is 28.5 Å². The number of carbonyl (C=O) groups is 2. The molecule has 1 N–H and O–H groups in total. The van der Waals surface area contributed by atoms with Crippen LogP contribution in [0.25, 0.3) is 0 Å². The molecule has 0 saturated carbocycles. The first-order chi connectivity index (χ1) is 8.34. The fourth-order valence-electron chi connectivity index (χ4n) is 1.57. The number of aliphatic carboxylic acids is 1. The molecule has 0 aliphatic rings. The van der Waals surface area contributed by atoms with E-state index in [1.165, 1.54) is 25.1 Å². The van der Waals surface area contributed by atoms with E-state index in [0.29, 0.717) is 0 Å². The summed E-state index contributed by atoms with van der Waals surface area (Å²) in [5, 5.41) is 18.4. The number of nitro groups is 1. The number of benzene rings is 1. The molecule has 0 heterocycles.